The molecule has 2 aromatic rings. The molecule has 1 heterocycles. The second-order valence-electron chi connectivity index (χ2n) is 6.55. The number of phenols is 1. The molecule has 1 aliphatic heterocycles. The van der Waals surface area contributed by atoms with E-state index in [9.17, 15) is 18.7 Å². The summed E-state index contributed by atoms with van der Waals surface area (Å²) < 4.78 is 27.5. The average Bonchev–Trinajstić information content (AvgIpc) is 2.61. The maximum atomic E-state index is 13.7. The number of halogens is 2. The maximum absolute atomic E-state index is 13.7. The van der Waals surface area contributed by atoms with Crippen molar-refractivity contribution < 1.29 is 18.7 Å². The monoisotopic (exact) mass is 345 g/mol. The highest BCUT2D eigenvalue weighted by Gasteiger charge is 2.25. The Morgan fingerprint density at radius 1 is 1.16 bits per heavy atom. The van der Waals surface area contributed by atoms with Crippen molar-refractivity contribution in [1.29, 1.82) is 0 Å². The highest BCUT2D eigenvalue weighted by molar-refractivity contribution is 5.94. The van der Waals surface area contributed by atoms with Crippen LogP contribution in [-0.2, 0) is 6.42 Å². The van der Waals surface area contributed by atoms with E-state index in [1.165, 1.54) is 30.3 Å². The highest BCUT2D eigenvalue weighted by atomic mass is 19.1. The Morgan fingerprint density at radius 3 is 2.60 bits per heavy atom. The number of carbonyl (C=O) groups is 1. The van der Waals surface area contributed by atoms with Gasteiger partial charge in [0.15, 0.2) is 0 Å². The number of aromatic hydroxyl groups is 1. The van der Waals surface area contributed by atoms with E-state index in [0.29, 0.717) is 31.5 Å². The zero-order valence-corrected chi connectivity index (χ0v) is 13.9. The van der Waals surface area contributed by atoms with Crippen molar-refractivity contribution in [3.05, 3.63) is 65.2 Å². The Bertz CT molecular complexity index is 743. The summed E-state index contributed by atoms with van der Waals surface area (Å²) in [6, 6.07) is 10.2. The minimum atomic E-state index is -0.511. The van der Waals surface area contributed by atoms with Crippen LogP contribution in [0.2, 0.25) is 0 Å². The van der Waals surface area contributed by atoms with Crippen molar-refractivity contribution in [2.24, 2.45) is 5.92 Å². The number of hydrogen-bond acceptors (Lipinski definition) is 2. The van der Waals surface area contributed by atoms with E-state index in [-0.39, 0.29) is 23.1 Å². The molecule has 0 saturated carbocycles. The zero-order valence-electron chi connectivity index (χ0n) is 13.9. The Labute approximate surface area is 145 Å². The second kappa shape index (κ2) is 7.64. The molecular weight excluding hydrogens is 324 g/mol. The summed E-state index contributed by atoms with van der Waals surface area (Å²) in [5.74, 6) is -0.854. The lowest BCUT2D eigenvalue weighted by atomic mass is 9.91. The summed E-state index contributed by atoms with van der Waals surface area (Å²) in [5, 5.41) is 9.53. The fourth-order valence-corrected chi connectivity index (χ4v) is 3.43. The summed E-state index contributed by atoms with van der Waals surface area (Å²) >= 11 is 0. The minimum absolute atomic E-state index is 0.0643. The molecule has 3 nitrogen and oxygen atoms in total. The van der Waals surface area contributed by atoms with E-state index in [4.69, 9.17) is 0 Å². The van der Waals surface area contributed by atoms with Gasteiger partial charge in [-0.25, -0.2) is 8.78 Å². The van der Waals surface area contributed by atoms with Gasteiger partial charge in [0.2, 0.25) is 0 Å². The summed E-state index contributed by atoms with van der Waals surface area (Å²) in [5.41, 5.74) is 0.583. The summed E-state index contributed by atoms with van der Waals surface area (Å²) in [4.78, 5) is 14.3. The van der Waals surface area contributed by atoms with Gasteiger partial charge in [-0.1, -0.05) is 12.1 Å². The topological polar surface area (TPSA) is 40.5 Å². The molecule has 1 saturated heterocycles. The van der Waals surface area contributed by atoms with Gasteiger partial charge >= 0.3 is 0 Å². The lowest BCUT2D eigenvalue weighted by Crippen LogP contribution is -2.40. The largest absolute Gasteiger partial charge is 0.508 e. The number of likely N-dealkylation sites (tertiary alicyclic amines) is 1. The van der Waals surface area contributed by atoms with E-state index in [1.807, 2.05) is 0 Å². The number of amides is 1. The number of hydrogen-bond donors (Lipinski definition) is 1. The number of benzene rings is 2. The van der Waals surface area contributed by atoms with Gasteiger partial charge in [-0.05, 0) is 61.9 Å². The molecule has 1 aliphatic rings. The zero-order chi connectivity index (χ0) is 17.8. The highest BCUT2D eigenvalue weighted by Crippen LogP contribution is 2.25. The van der Waals surface area contributed by atoms with Crippen molar-refractivity contribution in [2.75, 3.05) is 13.1 Å². The van der Waals surface area contributed by atoms with Gasteiger partial charge in [0.25, 0.3) is 5.91 Å². The molecule has 0 bridgehead atoms. The lowest BCUT2D eigenvalue weighted by Gasteiger charge is -2.33. The molecule has 25 heavy (non-hydrogen) atoms. The smallest absolute Gasteiger partial charge is 0.253 e. The third-order valence-corrected chi connectivity index (χ3v) is 4.76. The molecule has 5 heteroatoms. The first-order chi connectivity index (χ1) is 12.0. The van der Waals surface area contributed by atoms with E-state index >= 15 is 0 Å². The van der Waals surface area contributed by atoms with E-state index in [2.05, 4.69) is 0 Å². The molecule has 1 fully saturated rings. The van der Waals surface area contributed by atoms with E-state index < -0.39 is 11.6 Å². The molecule has 3 rings (SSSR count). The van der Waals surface area contributed by atoms with E-state index in [1.54, 1.807) is 17.0 Å². The van der Waals surface area contributed by atoms with Crippen molar-refractivity contribution in [3.8, 4) is 5.75 Å². The van der Waals surface area contributed by atoms with Crippen molar-refractivity contribution in [2.45, 2.75) is 25.7 Å². The van der Waals surface area contributed by atoms with Crippen LogP contribution in [0, 0.1) is 17.6 Å². The SMILES string of the molecule is O=C(c1cccc(O)c1)N1CCC[C@@H](CCc2c(F)cccc2F)C1. The van der Waals surface area contributed by atoms with Crippen LogP contribution in [0.15, 0.2) is 42.5 Å². The van der Waals surface area contributed by atoms with Gasteiger partial charge in [-0.2, -0.15) is 0 Å². The number of phenolic OH excluding ortho intramolecular Hbond substituents is 1. The van der Waals surface area contributed by atoms with Crippen LogP contribution in [0.1, 0.15) is 35.2 Å². The Hall–Kier alpha value is -2.43. The molecule has 2 aromatic carbocycles. The van der Waals surface area contributed by atoms with Gasteiger partial charge in [-0.3, -0.25) is 4.79 Å². The molecule has 1 N–H and O–H groups in total. The van der Waals surface area contributed by atoms with E-state index in [0.717, 1.165) is 12.8 Å². The van der Waals surface area contributed by atoms with Crippen LogP contribution in [0.5, 0.6) is 5.75 Å². The van der Waals surface area contributed by atoms with Crippen molar-refractivity contribution in [1.82, 2.24) is 4.90 Å². The molecule has 0 aliphatic carbocycles. The number of rotatable bonds is 4. The van der Waals surface area contributed by atoms with Gasteiger partial charge in [0.05, 0.1) is 0 Å². The van der Waals surface area contributed by atoms with Crippen LogP contribution in [0.25, 0.3) is 0 Å². The lowest BCUT2D eigenvalue weighted by molar-refractivity contribution is 0.0667. The third kappa shape index (κ3) is 4.16. The van der Waals surface area contributed by atoms with Gasteiger partial charge in [0.1, 0.15) is 17.4 Å². The number of piperidine rings is 1. The Kier molecular flexibility index (Phi) is 5.31. The molecule has 1 atom stereocenters. The first kappa shape index (κ1) is 17.4. The predicted molar refractivity (Wildman–Crippen MR) is 91.4 cm³/mol. The second-order valence-corrected chi connectivity index (χ2v) is 6.55. The van der Waals surface area contributed by atoms with Crippen LogP contribution in [-0.4, -0.2) is 29.0 Å². The van der Waals surface area contributed by atoms with Crippen LogP contribution in [0.4, 0.5) is 8.78 Å². The van der Waals surface area contributed by atoms with Crippen LogP contribution in [0.3, 0.4) is 0 Å². The van der Waals surface area contributed by atoms with Crippen molar-refractivity contribution in [3.63, 3.8) is 0 Å². The summed E-state index contributed by atoms with van der Waals surface area (Å²) in [6.07, 6.45) is 2.79. The number of nitrogens with zero attached hydrogens (tertiary/aromatic N) is 1. The quantitative estimate of drug-likeness (QED) is 0.904. The predicted octanol–water partition coefficient (Wildman–Crippen LogP) is 4.16. The fraction of sp³-hybridized carbons (Fsp3) is 0.350. The first-order valence-electron chi connectivity index (χ1n) is 8.56. The summed E-state index contributed by atoms with van der Waals surface area (Å²) in [7, 11) is 0. The molecule has 132 valence electrons. The van der Waals surface area contributed by atoms with Crippen LogP contribution >= 0.6 is 0 Å². The fourth-order valence-electron chi connectivity index (χ4n) is 3.43. The maximum Gasteiger partial charge on any atom is 0.253 e. The standard InChI is InChI=1S/C20H21F2NO2/c21-18-7-2-8-19(22)17(18)10-9-14-4-3-11-23(13-14)20(25)15-5-1-6-16(24)12-15/h1-2,5-8,12,14,24H,3-4,9-11,13H2/t14-/m0/s1. The first-order valence-corrected chi connectivity index (χ1v) is 8.56. The van der Waals surface area contributed by atoms with Gasteiger partial charge in [-0.15, -0.1) is 0 Å². The third-order valence-electron chi connectivity index (χ3n) is 4.76. The van der Waals surface area contributed by atoms with Crippen molar-refractivity contribution >= 4 is 5.91 Å². The molecule has 0 spiro atoms. The molecule has 0 aromatic heterocycles. The van der Waals surface area contributed by atoms with Gasteiger partial charge in [0, 0.05) is 24.2 Å². The molecule has 0 unspecified atom stereocenters. The Morgan fingerprint density at radius 2 is 1.88 bits per heavy atom. The summed E-state index contributed by atoms with van der Waals surface area (Å²) in [6.45, 7) is 1.24. The van der Waals surface area contributed by atoms with Gasteiger partial charge < -0.3 is 10.0 Å². The molecular formula is C20H21F2NO2. The molecule has 1 amide bonds. The normalized spacial score (nSPS) is 17.5. The average molecular weight is 345 g/mol. The molecule has 0 radical (unpaired) electrons. The number of carbonyl (C=O) groups excluding carboxylic acids is 1. The Balaban J connectivity index is 1.62. The van der Waals surface area contributed by atoms with Crippen LogP contribution < -0.4 is 0 Å². The minimum Gasteiger partial charge on any atom is -0.508 e.